The zero-order valence-electron chi connectivity index (χ0n) is 13.6. The van der Waals surface area contributed by atoms with Crippen molar-refractivity contribution in [2.75, 3.05) is 31.1 Å². The van der Waals surface area contributed by atoms with Gasteiger partial charge in [0, 0.05) is 36.9 Å². The van der Waals surface area contributed by atoms with Gasteiger partial charge in [0.25, 0.3) is 0 Å². The third kappa shape index (κ3) is 3.70. The van der Waals surface area contributed by atoms with Crippen LogP contribution < -0.4 is 4.90 Å². The van der Waals surface area contributed by atoms with E-state index in [0.29, 0.717) is 18.7 Å². The lowest BCUT2D eigenvalue weighted by Gasteiger charge is -2.37. The third-order valence-electron chi connectivity index (χ3n) is 4.43. The van der Waals surface area contributed by atoms with Crippen LogP contribution in [0.2, 0.25) is 5.02 Å². The number of nitrogens with zero attached hydrogens (tertiary/aromatic N) is 2. The summed E-state index contributed by atoms with van der Waals surface area (Å²) in [6, 6.07) is 12.3. The van der Waals surface area contributed by atoms with E-state index < -0.39 is 0 Å². The number of amides is 1. The smallest absolute Gasteiger partial charge is 0.227 e. The monoisotopic (exact) mass is 346 g/mol. The van der Waals surface area contributed by atoms with E-state index in [1.165, 1.54) is 6.07 Å². The van der Waals surface area contributed by atoms with Crippen molar-refractivity contribution >= 4 is 23.2 Å². The molecule has 3 nitrogen and oxygen atoms in total. The standard InChI is InChI=1S/C19H20ClFN2O/c1-14-12-16(20)6-7-18(14)22-8-10-23(11-9-22)19(24)13-15-4-2-3-5-17(15)21/h2-7,12H,8-11,13H2,1H3. The molecule has 126 valence electrons. The van der Waals surface area contributed by atoms with E-state index in [1.54, 1.807) is 18.2 Å². The minimum absolute atomic E-state index is 0.0208. The highest BCUT2D eigenvalue weighted by Gasteiger charge is 2.22. The van der Waals surface area contributed by atoms with E-state index >= 15 is 0 Å². The molecular weight excluding hydrogens is 327 g/mol. The largest absolute Gasteiger partial charge is 0.368 e. The van der Waals surface area contributed by atoms with Gasteiger partial charge in [-0.15, -0.1) is 0 Å². The van der Waals surface area contributed by atoms with Crippen LogP contribution in [0.3, 0.4) is 0 Å². The van der Waals surface area contributed by atoms with Crippen molar-refractivity contribution in [3.05, 3.63) is 64.4 Å². The molecule has 0 spiro atoms. The summed E-state index contributed by atoms with van der Waals surface area (Å²) in [7, 11) is 0. The molecule has 0 radical (unpaired) electrons. The maximum Gasteiger partial charge on any atom is 0.227 e. The molecule has 1 aliphatic rings. The normalized spacial score (nSPS) is 14.8. The Hall–Kier alpha value is -2.07. The van der Waals surface area contributed by atoms with E-state index in [9.17, 15) is 9.18 Å². The highest BCUT2D eigenvalue weighted by Crippen LogP contribution is 2.24. The van der Waals surface area contributed by atoms with Crippen molar-refractivity contribution in [2.45, 2.75) is 13.3 Å². The van der Waals surface area contributed by atoms with E-state index in [4.69, 9.17) is 11.6 Å². The average molecular weight is 347 g/mol. The summed E-state index contributed by atoms with van der Waals surface area (Å²) >= 11 is 6.01. The number of carbonyl (C=O) groups excluding carboxylic acids is 1. The highest BCUT2D eigenvalue weighted by atomic mass is 35.5. The van der Waals surface area contributed by atoms with Crippen LogP contribution in [0.5, 0.6) is 0 Å². The van der Waals surface area contributed by atoms with Gasteiger partial charge >= 0.3 is 0 Å². The Labute approximate surface area is 146 Å². The molecule has 1 fully saturated rings. The Balaban J connectivity index is 1.60. The molecule has 3 rings (SSSR count). The molecule has 2 aromatic rings. The molecule has 24 heavy (non-hydrogen) atoms. The lowest BCUT2D eigenvalue weighted by Crippen LogP contribution is -2.49. The van der Waals surface area contributed by atoms with Gasteiger partial charge in [-0.25, -0.2) is 4.39 Å². The summed E-state index contributed by atoms with van der Waals surface area (Å²) in [6.07, 6.45) is 0.118. The molecule has 0 bridgehead atoms. The summed E-state index contributed by atoms with van der Waals surface area (Å²) in [5.74, 6) is -0.339. The summed E-state index contributed by atoms with van der Waals surface area (Å²) in [5.41, 5.74) is 2.74. The number of rotatable bonds is 3. The van der Waals surface area contributed by atoms with Crippen LogP contribution in [0.4, 0.5) is 10.1 Å². The Kier molecular flexibility index (Phi) is 5.05. The molecule has 0 atom stereocenters. The molecule has 0 N–H and O–H groups in total. The second-order valence-corrected chi connectivity index (χ2v) is 6.50. The second kappa shape index (κ2) is 7.22. The first-order valence-electron chi connectivity index (χ1n) is 8.07. The Morgan fingerprint density at radius 2 is 1.83 bits per heavy atom. The molecule has 0 saturated carbocycles. The van der Waals surface area contributed by atoms with Crippen molar-refractivity contribution in [3.8, 4) is 0 Å². The lowest BCUT2D eigenvalue weighted by atomic mass is 10.1. The number of halogens is 2. The zero-order valence-corrected chi connectivity index (χ0v) is 14.4. The fraction of sp³-hybridized carbons (Fsp3) is 0.316. The third-order valence-corrected chi connectivity index (χ3v) is 4.67. The average Bonchev–Trinajstić information content (AvgIpc) is 2.57. The lowest BCUT2D eigenvalue weighted by molar-refractivity contribution is -0.130. The molecule has 2 aromatic carbocycles. The van der Waals surface area contributed by atoms with Gasteiger partial charge in [-0.1, -0.05) is 29.8 Å². The first-order chi connectivity index (χ1) is 11.5. The molecule has 1 saturated heterocycles. The van der Waals surface area contributed by atoms with Crippen molar-refractivity contribution in [1.82, 2.24) is 4.90 Å². The maximum atomic E-state index is 13.7. The topological polar surface area (TPSA) is 23.6 Å². The summed E-state index contributed by atoms with van der Waals surface area (Å²) in [5, 5.41) is 0.731. The minimum Gasteiger partial charge on any atom is -0.368 e. The number of aryl methyl sites for hydroxylation is 1. The molecule has 0 aliphatic carbocycles. The SMILES string of the molecule is Cc1cc(Cl)ccc1N1CCN(C(=O)Cc2ccccc2F)CC1. The Morgan fingerprint density at radius 1 is 1.12 bits per heavy atom. The van der Waals surface area contributed by atoms with Crippen LogP contribution >= 0.6 is 11.6 Å². The predicted molar refractivity (Wildman–Crippen MR) is 95.1 cm³/mol. The van der Waals surface area contributed by atoms with Crippen molar-refractivity contribution in [1.29, 1.82) is 0 Å². The first kappa shape index (κ1) is 16.8. The van der Waals surface area contributed by atoms with Gasteiger partial charge in [0.2, 0.25) is 5.91 Å². The van der Waals surface area contributed by atoms with E-state index in [-0.39, 0.29) is 18.1 Å². The highest BCUT2D eigenvalue weighted by molar-refractivity contribution is 6.30. The number of carbonyl (C=O) groups is 1. The van der Waals surface area contributed by atoms with E-state index in [2.05, 4.69) is 4.90 Å². The van der Waals surface area contributed by atoms with E-state index in [1.807, 2.05) is 30.0 Å². The van der Waals surface area contributed by atoms with E-state index in [0.717, 1.165) is 29.4 Å². The zero-order chi connectivity index (χ0) is 17.1. The fourth-order valence-electron chi connectivity index (χ4n) is 3.09. The molecule has 1 amide bonds. The number of piperazine rings is 1. The van der Waals surface area contributed by atoms with Gasteiger partial charge in [0.15, 0.2) is 0 Å². The predicted octanol–water partition coefficient (Wildman–Crippen LogP) is 3.68. The van der Waals surface area contributed by atoms with Crippen LogP contribution in [0, 0.1) is 12.7 Å². The minimum atomic E-state index is -0.318. The van der Waals surface area contributed by atoms with Crippen LogP contribution in [0.25, 0.3) is 0 Å². The molecule has 1 aliphatic heterocycles. The Morgan fingerprint density at radius 3 is 2.50 bits per heavy atom. The quantitative estimate of drug-likeness (QED) is 0.846. The van der Waals surface area contributed by atoms with Gasteiger partial charge < -0.3 is 9.80 Å². The van der Waals surface area contributed by atoms with Gasteiger partial charge in [-0.3, -0.25) is 4.79 Å². The molecule has 0 aromatic heterocycles. The molecular formula is C19H20ClFN2O. The van der Waals surface area contributed by atoms with Crippen molar-refractivity contribution in [2.24, 2.45) is 0 Å². The number of benzene rings is 2. The number of hydrogen-bond acceptors (Lipinski definition) is 2. The number of anilines is 1. The van der Waals surface area contributed by atoms with Gasteiger partial charge in [0.05, 0.1) is 6.42 Å². The van der Waals surface area contributed by atoms with Crippen LogP contribution in [-0.4, -0.2) is 37.0 Å². The van der Waals surface area contributed by atoms with Gasteiger partial charge in [-0.2, -0.15) is 0 Å². The maximum absolute atomic E-state index is 13.7. The van der Waals surface area contributed by atoms with Crippen LogP contribution in [-0.2, 0) is 11.2 Å². The first-order valence-corrected chi connectivity index (χ1v) is 8.44. The fourth-order valence-corrected chi connectivity index (χ4v) is 3.31. The van der Waals surface area contributed by atoms with Gasteiger partial charge in [-0.05, 0) is 42.3 Å². The molecule has 1 heterocycles. The van der Waals surface area contributed by atoms with Crippen molar-refractivity contribution in [3.63, 3.8) is 0 Å². The van der Waals surface area contributed by atoms with Crippen LogP contribution in [0.15, 0.2) is 42.5 Å². The summed E-state index contributed by atoms with van der Waals surface area (Å²) in [6.45, 7) is 4.87. The van der Waals surface area contributed by atoms with Crippen LogP contribution in [0.1, 0.15) is 11.1 Å². The molecule has 0 unspecified atom stereocenters. The molecule has 5 heteroatoms. The Bertz CT molecular complexity index is 742. The van der Waals surface area contributed by atoms with Gasteiger partial charge in [0.1, 0.15) is 5.82 Å². The summed E-state index contributed by atoms with van der Waals surface area (Å²) < 4.78 is 13.7. The summed E-state index contributed by atoms with van der Waals surface area (Å²) in [4.78, 5) is 16.5. The van der Waals surface area contributed by atoms with Crippen molar-refractivity contribution < 1.29 is 9.18 Å². The second-order valence-electron chi connectivity index (χ2n) is 6.07. The number of hydrogen-bond donors (Lipinski definition) is 0.